The summed E-state index contributed by atoms with van der Waals surface area (Å²) in [6.45, 7) is 2.30. The maximum Gasteiger partial charge on any atom is 0.208 e. The zero-order valence-corrected chi connectivity index (χ0v) is 28.5. The second kappa shape index (κ2) is 11.0. The summed E-state index contributed by atoms with van der Waals surface area (Å²) < 4.78 is 6.84. The van der Waals surface area contributed by atoms with Gasteiger partial charge in [0, 0.05) is 33.2 Å². The first-order valence-electron chi connectivity index (χ1n) is 17.5. The van der Waals surface area contributed by atoms with Crippen LogP contribution in [0.25, 0.3) is 71.3 Å². The van der Waals surface area contributed by atoms with Crippen LogP contribution in [0.15, 0.2) is 144 Å². The predicted molar refractivity (Wildman–Crippen MR) is 211 cm³/mol. The molecule has 6 heteroatoms. The molecule has 0 saturated heterocycles. The molecule has 0 saturated carbocycles. The van der Waals surface area contributed by atoms with Gasteiger partial charge in [0.15, 0.2) is 11.5 Å². The quantitative estimate of drug-likeness (QED) is 0.0715. The van der Waals surface area contributed by atoms with E-state index in [1.165, 1.54) is 11.1 Å². The Morgan fingerprint density at radius 2 is 1.06 bits per heavy atom. The number of hydrogen-bond acceptors (Lipinski definition) is 6. The molecule has 5 N–H and O–H groups in total. The van der Waals surface area contributed by atoms with E-state index >= 15 is 0 Å². The molecule has 0 aliphatic heterocycles. The van der Waals surface area contributed by atoms with Gasteiger partial charge in [-0.05, 0) is 55.4 Å². The van der Waals surface area contributed by atoms with Crippen LogP contribution in [-0.4, -0.2) is 25.5 Å². The van der Waals surface area contributed by atoms with Crippen molar-refractivity contribution in [2.45, 2.75) is 12.3 Å². The van der Waals surface area contributed by atoms with Crippen molar-refractivity contribution < 1.29 is 29.9 Å². The number of fused-ring (bicyclic) bond motifs is 8. The maximum atomic E-state index is 11.1. The number of hydrogen-bond donors (Lipinski definition) is 5. The van der Waals surface area contributed by atoms with Crippen LogP contribution in [0.5, 0.6) is 28.7 Å². The summed E-state index contributed by atoms with van der Waals surface area (Å²) in [5, 5.41) is 58.5. The Morgan fingerprint density at radius 1 is 0.509 bits per heavy atom. The maximum absolute atomic E-state index is 11.1. The number of furan rings is 1. The Labute approximate surface area is 303 Å². The molecule has 2 aliphatic rings. The van der Waals surface area contributed by atoms with Crippen LogP contribution in [0.2, 0.25) is 0 Å². The molecule has 0 fully saturated rings. The molecular formula is C47H32O6. The molecule has 2 unspecified atom stereocenters. The van der Waals surface area contributed by atoms with Crippen molar-refractivity contribution in [2.24, 2.45) is 5.92 Å². The summed E-state index contributed by atoms with van der Waals surface area (Å²) in [7, 11) is 0. The molecule has 0 amide bonds. The molecule has 0 radical (unpaired) electrons. The molecule has 53 heavy (non-hydrogen) atoms. The van der Waals surface area contributed by atoms with Gasteiger partial charge in [0.1, 0.15) is 11.2 Å². The first-order chi connectivity index (χ1) is 25.8. The van der Waals surface area contributed by atoms with Gasteiger partial charge in [0.2, 0.25) is 17.2 Å². The summed E-state index contributed by atoms with van der Waals surface area (Å²) in [6, 6.07) is 36.3. The molecular weight excluding hydrogens is 661 g/mol. The van der Waals surface area contributed by atoms with Crippen molar-refractivity contribution in [3.8, 4) is 51.0 Å². The van der Waals surface area contributed by atoms with Crippen LogP contribution < -0.4 is 0 Å². The van der Waals surface area contributed by atoms with Crippen molar-refractivity contribution in [3.63, 3.8) is 0 Å². The molecule has 8 aromatic rings. The minimum Gasteiger partial charge on any atom is -0.504 e. The lowest BCUT2D eigenvalue weighted by molar-refractivity contribution is 0.330. The van der Waals surface area contributed by atoms with Gasteiger partial charge in [-0.15, -0.1) is 0 Å². The SMILES string of the molecule is CC12C=CC=CC1C=C(c1cccc3c1oc1cccc(-c4c5ccccc5c(-c5c(O)c(O)c(O)c(O)c5O)c5ccccc45)c13)c1ccccc12. The molecule has 1 heterocycles. The number of aromatic hydroxyl groups is 5. The molecule has 7 aromatic carbocycles. The second-order valence-electron chi connectivity index (χ2n) is 14.1. The zero-order valence-electron chi connectivity index (χ0n) is 28.5. The largest absolute Gasteiger partial charge is 0.504 e. The van der Waals surface area contributed by atoms with E-state index in [1.807, 2.05) is 60.7 Å². The summed E-state index contributed by atoms with van der Waals surface area (Å²) in [5.74, 6) is -4.14. The minimum absolute atomic E-state index is 0.150. The first-order valence-corrected chi connectivity index (χ1v) is 17.5. The average molecular weight is 693 g/mol. The second-order valence-corrected chi connectivity index (χ2v) is 14.1. The van der Waals surface area contributed by atoms with Crippen LogP contribution in [0, 0.1) is 5.92 Å². The van der Waals surface area contributed by atoms with E-state index < -0.39 is 28.7 Å². The lowest BCUT2D eigenvalue weighted by atomic mass is 9.63. The molecule has 2 atom stereocenters. The molecule has 10 rings (SSSR count). The highest BCUT2D eigenvalue weighted by Crippen LogP contribution is 2.58. The van der Waals surface area contributed by atoms with Gasteiger partial charge in [0.25, 0.3) is 0 Å². The third kappa shape index (κ3) is 4.14. The molecule has 0 spiro atoms. The van der Waals surface area contributed by atoms with Crippen molar-refractivity contribution >= 4 is 49.1 Å². The molecule has 256 valence electrons. The van der Waals surface area contributed by atoms with Crippen molar-refractivity contribution in [1.82, 2.24) is 0 Å². The Bertz CT molecular complexity index is 2890. The Hall–Kier alpha value is -6.92. The topological polar surface area (TPSA) is 114 Å². The summed E-state index contributed by atoms with van der Waals surface area (Å²) >= 11 is 0. The fraction of sp³-hybridized carbons (Fsp3) is 0.0638. The molecule has 6 nitrogen and oxygen atoms in total. The number of para-hydroxylation sites is 1. The van der Waals surface area contributed by atoms with Crippen molar-refractivity contribution in [1.29, 1.82) is 0 Å². The smallest absolute Gasteiger partial charge is 0.208 e. The minimum atomic E-state index is -1.000. The number of allylic oxidation sites excluding steroid dienone is 5. The Kier molecular flexibility index (Phi) is 6.43. The summed E-state index contributed by atoms with van der Waals surface area (Å²) in [4.78, 5) is 0. The van der Waals surface area contributed by atoms with E-state index in [4.69, 9.17) is 4.42 Å². The molecule has 1 aromatic heterocycles. The van der Waals surface area contributed by atoms with Gasteiger partial charge in [-0.1, -0.05) is 140 Å². The van der Waals surface area contributed by atoms with Gasteiger partial charge < -0.3 is 29.9 Å². The molecule has 0 bridgehead atoms. The highest BCUT2D eigenvalue weighted by Gasteiger charge is 2.38. The van der Waals surface area contributed by atoms with Gasteiger partial charge in [-0.25, -0.2) is 0 Å². The van der Waals surface area contributed by atoms with E-state index in [1.54, 1.807) is 0 Å². The Balaban J connectivity index is 1.27. The summed E-state index contributed by atoms with van der Waals surface area (Å²) in [5.41, 5.74) is 8.07. The van der Waals surface area contributed by atoms with E-state index in [-0.39, 0.29) is 16.9 Å². The van der Waals surface area contributed by atoms with E-state index in [2.05, 4.69) is 85.8 Å². The lowest BCUT2D eigenvalue weighted by Crippen LogP contribution is -2.33. The van der Waals surface area contributed by atoms with Crippen molar-refractivity contribution in [3.05, 3.63) is 156 Å². The van der Waals surface area contributed by atoms with Gasteiger partial charge >= 0.3 is 0 Å². The van der Waals surface area contributed by atoms with Crippen LogP contribution in [0.3, 0.4) is 0 Å². The number of rotatable bonds is 3. The van der Waals surface area contributed by atoms with Gasteiger partial charge in [0.05, 0.1) is 5.56 Å². The fourth-order valence-electron chi connectivity index (χ4n) is 8.82. The molecule has 2 aliphatic carbocycles. The van der Waals surface area contributed by atoms with Gasteiger partial charge in [-0.2, -0.15) is 0 Å². The predicted octanol–water partition coefficient (Wildman–Crippen LogP) is 11.2. The van der Waals surface area contributed by atoms with Gasteiger partial charge in [-0.3, -0.25) is 0 Å². The van der Waals surface area contributed by atoms with Crippen LogP contribution in [-0.2, 0) is 5.41 Å². The standard InChI is InChI=1S/C47H32O6/c1-47-23-9-8-12-25(47)24-34(26-13-6-7-21-35(26)47)31-18-10-20-33-38-32(19-11-22-36(38)53-46(31)33)37-27-14-2-4-16-29(27)39(30-17-5-3-15-28(30)37)40-41(48)43(50)45(52)44(51)42(40)49/h2-25,48-52H,1H3. The monoisotopic (exact) mass is 692 g/mol. The van der Waals surface area contributed by atoms with Crippen molar-refractivity contribution in [2.75, 3.05) is 0 Å². The first kappa shape index (κ1) is 30.9. The number of phenolic OH excluding ortho intramolecular Hbond substituents is 5. The average Bonchev–Trinajstić information content (AvgIpc) is 3.58. The zero-order chi connectivity index (χ0) is 36.2. The fourth-order valence-corrected chi connectivity index (χ4v) is 8.82. The summed E-state index contributed by atoms with van der Waals surface area (Å²) in [6.07, 6.45) is 11.2. The van der Waals surface area contributed by atoms with E-state index in [9.17, 15) is 25.5 Å². The highest BCUT2D eigenvalue weighted by atomic mass is 16.4. The highest BCUT2D eigenvalue weighted by molar-refractivity contribution is 6.26. The van der Waals surface area contributed by atoms with E-state index in [0.717, 1.165) is 55.0 Å². The van der Waals surface area contributed by atoms with Crippen LogP contribution in [0.1, 0.15) is 23.6 Å². The number of phenols is 5. The van der Waals surface area contributed by atoms with Crippen LogP contribution >= 0.6 is 0 Å². The van der Waals surface area contributed by atoms with E-state index in [0.29, 0.717) is 16.3 Å². The third-order valence-electron chi connectivity index (χ3n) is 11.3. The third-order valence-corrected chi connectivity index (χ3v) is 11.3. The lowest BCUT2D eigenvalue weighted by Gasteiger charge is -2.40. The Morgan fingerprint density at radius 3 is 1.75 bits per heavy atom. The van der Waals surface area contributed by atoms with Crippen LogP contribution in [0.4, 0.5) is 0 Å². The number of benzene rings is 7. The normalized spacial score (nSPS) is 17.8.